The van der Waals surface area contributed by atoms with Crippen LogP contribution in [0.15, 0.2) is 24.3 Å². The fraction of sp³-hybridized carbons (Fsp3) is 0.471. The molecule has 4 heteroatoms. The van der Waals surface area contributed by atoms with E-state index >= 15 is 0 Å². The molecule has 1 aliphatic carbocycles. The molecular formula is C17H21NO3. The van der Waals surface area contributed by atoms with Crippen molar-refractivity contribution in [2.45, 2.75) is 31.7 Å². The van der Waals surface area contributed by atoms with Crippen molar-refractivity contribution in [3.63, 3.8) is 0 Å². The molecule has 0 aromatic heterocycles. The molecule has 1 amide bonds. The molecule has 112 valence electrons. The monoisotopic (exact) mass is 287 g/mol. The maximum atomic E-state index is 12.2. The predicted molar refractivity (Wildman–Crippen MR) is 81.1 cm³/mol. The Bertz CT molecular complexity index is 496. The van der Waals surface area contributed by atoms with Gasteiger partial charge in [-0.05, 0) is 55.9 Å². The first kappa shape index (κ1) is 15.4. The first-order valence-electron chi connectivity index (χ1n) is 7.31. The van der Waals surface area contributed by atoms with Gasteiger partial charge in [0, 0.05) is 18.2 Å². The second-order valence-corrected chi connectivity index (χ2v) is 5.39. The zero-order valence-corrected chi connectivity index (χ0v) is 12.0. The number of carbonyl (C=O) groups excluding carboxylic acids is 1. The lowest BCUT2D eigenvalue weighted by molar-refractivity contribution is 0.0914. The van der Waals surface area contributed by atoms with Gasteiger partial charge in [0.25, 0.3) is 5.91 Å². The summed E-state index contributed by atoms with van der Waals surface area (Å²) >= 11 is 0. The van der Waals surface area contributed by atoms with E-state index in [1.807, 2.05) is 0 Å². The van der Waals surface area contributed by atoms with Crippen molar-refractivity contribution in [1.82, 2.24) is 5.32 Å². The van der Waals surface area contributed by atoms with Gasteiger partial charge in [0.05, 0.1) is 0 Å². The zero-order chi connectivity index (χ0) is 15.1. The van der Waals surface area contributed by atoms with Crippen molar-refractivity contribution in [2.75, 3.05) is 13.2 Å². The molecule has 1 aromatic carbocycles. The molecule has 1 saturated carbocycles. The molecule has 1 aromatic rings. The molecule has 1 aliphatic rings. The Kier molecular flexibility index (Phi) is 5.65. The summed E-state index contributed by atoms with van der Waals surface area (Å²) in [4.78, 5) is 12.2. The summed E-state index contributed by atoms with van der Waals surface area (Å²) in [5.74, 6) is 3.39. The lowest BCUT2D eigenvalue weighted by Crippen LogP contribution is -2.38. The van der Waals surface area contributed by atoms with Crippen LogP contribution >= 0.6 is 0 Å². The summed E-state index contributed by atoms with van der Waals surface area (Å²) < 4.78 is 5.27. The fourth-order valence-corrected chi connectivity index (χ4v) is 2.59. The number of ether oxygens (including phenoxy) is 1. The quantitative estimate of drug-likeness (QED) is 0.814. The normalized spacial score (nSPS) is 21.3. The molecule has 0 bridgehead atoms. The van der Waals surface area contributed by atoms with Crippen LogP contribution in [0.4, 0.5) is 0 Å². The lowest BCUT2D eigenvalue weighted by Gasteiger charge is -2.27. The second kappa shape index (κ2) is 7.70. The minimum absolute atomic E-state index is 0.0639. The number of hydrogen-bond donors (Lipinski definition) is 2. The number of aliphatic hydroxyl groups excluding tert-OH is 1. The van der Waals surface area contributed by atoms with E-state index in [4.69, 9.17) is 16.3 Å². The van der Waals surface area contributed by atoms with E-state index in [0.717, 1.165) is 25.7 Å². The zero-order valence-electron chi connectivity index (χ0n) is 12.0. The van der Waals surface area contributed by atoms with Gasteiger partial charge in [-0.15, -0.1) is 6.42 Å². The molecule has 0 radical (unpaired) electrons. The SMILES string of the molecule is C#CCOc1ccc(C(=O)NC2CCC(CO)CC2)cc1. The molecule has 2 N–H and O–H groups in total. The highest BCUT2D eigenvalue weighted by molar-refractivity contribution is 5.94. The van der Waals surface area contributed by atoms with Crippen LogP contribution in [0.2, 0.25) is 0 Å². The largest absolute Gasteiger partial charge is 0.481 e. The van der Waals surface area contributed by atoms with E-state index in [9.17, 15) is 4.79 Å². The van der Waals surface area contributed by atoms with Crippen molar-refractivity contribution in [3.05, 3.63) is 29.8 Å². The smallest absolute Gasteiger partial charge is 0.251 e. The van der Waals surface area contributed by atoms with E-state index in [0.29, 0.717) is 17.2 Å². The van der Waals surface area contributed by atoms with Gasteiger partial charge in [0.2, 0.25) is 0 Å². The molecule has 4 nitrogen and oxygen atoms in total. The van der Waals surface area contributed by atoms with Crippen LogP contribution in [0.3, 0.4) is 0 Å². The van der Waals surface area contributed by atoms with Gasteiger partial charge in [-0.3, -0.25) is 4.79 Å². The standard InChI is InChI=1S/C17H21NO3/c1-2-11-21-16-9-5-14(6-10-16)17(20)18-15-7-3-13(12-19)4-8-15/h1,5-6,9-10,13,15,19H,3-4,7-8,11-12H2,(H,18,20). The number of rotatable bonds is 5. The molecule has 0 aliphatic heterocycles. The molecule has 2 rings (SSSR count). The molecule has 0 atom stereocenters. The third kappa shape index (κ3) is 4.51. The summed E-state index contributed by atoms with van der Waals surface area (Å²) in [5.41, 5.74) is 0.618. The highest BCUT2D eigenvalue weighted by atomic mass is 16.5. The topological polar surface area (TPSA) is 58.6 Å². The van der Waals surface area contributed by atoms with Gasteiger partial charge in [0.1, 0.15) is 12.4 Å². The van der Waals surface area contributed by atoms with Crippen LogP contribution in [0.25, 0.3) is 0 Å². The first-order chi connectivity index (χ1) is 10.2. The van der Waals surface area contributed by atoms with E-state index < -0.39 is 0 Å². The second-order valence-electron chi connectivity index (χ2n) is 5.39. The average molecular weight is 287 g/mol. The van der Waals surface area contributed by atoms with Crippen LogP contribution in [0.5, 0.6) is 5.75 Å². The van der Waals surface area contributed by atoms with Crippen LogP contribution in [-0.4, -0.2) is 30.3 Å². The van der Waals surface area contributed by atoms with Gasteiger partial charge >= 0.3 is 0 Å². The van der Waals surface area contributed by atoms with Crippen LogP contribution in [0, 0.1) is 18.3 Å². The lowest BCUT2D eigenvalue weighted by atomic mass is 9.86. The molecule has 1 fully saturated rings. The number of terminal acetylenes is 1. The number of carbonyl (C=O) groups is 1. The van der Waals surface area contributed by atoms with Gasteiger partial charge in [-0.1, -0.05) is 5.92 Å². The predicted octanol–water partition coefficient (Wildman–Crippen LogP) is 1.98. The van der Waals surface area contributed by atoms with Gasteiger partial charge in [-0.2, -0.15) is 0 Å². The highest BCUT2D eigenvalue weighted by Crippen LogP contribution is 2.24. The maximum Gasteiger partial charge on any atom is 0.251 e. The van der Waals surface area contributed by atoms with E-state index in [2.05, 4.69) is 11.2 Å². The van der Waals surface area contributed by atoms with Crippen molar-refractivity contribution < 1.29 is 14.6 Å². The maximum absolute atomic E-state index is 12.2. The Hall–Kier alpha value is -1.99. The van der Waals surface area contributed by atoms with Crippen molar-refractivity contribution in [1.29, 1.82) is 0 Å². The molecule has 0 unspecified atom stereocenters. The van der Waals surface area contributed by atoms with Crippen LogP contribution < -0.4 is 10.1 Å². The summed E-state index contributed by atoms with van der Waals surface area (Å²) in [6, 6.07) is 7.17. The molecule has 0 saturated heterocycles. The summed E-state index contributed by atoms with van der Waals surface area (Å²) in [7, 11) is 0. The third-order valence-corrected chi connectivity index (χ3v) is 3.88. The molecule has 0 spiro atoms. The fourth-order valence-electron chi connectivity index (χ4n) is 2.59. The summed E-state index contributed by atoms with van der Waals surface area (Å²) in [6.45, 7) is 0.472. The average Bonchev–Trinajstić information content (AvgIpc) is 2.54. The van der Waals surface area contributed by atoms with E-state index in [1.165, 1.54) is 0 Å². The highest BCUT2D eigenvalue weighted by Gasteiger charge is 2.22. The van der Waals surface area contributed by atoms with E-state index in [-0.39, 0.29) is 25.2 Å². The first-order valence-corrected chi connectivity index (χ1v) is 7.31. The van der Waals surface area contributed by atoms with Gasteiger partial charge in [0.15, 0.2) is 0 Å². The van der Waals surface area contributed by atoms with Crippen molar-refractivity contribution >= 4 is 5.91 Å². The molecule has 0 heterocycles. The number of amides is 1. The molecular weight excluding hydrogens is 266 g/mol. The third-order valence-electron chi connectivity index (χ3n) is 3.88. The Morgan fingerprint density at radius 2 is 1.95 bits per heavy atom. The summed E-state index contributed by atoms with van der Waals surface area (Å²) in [5, 5.41) is 12.2. The van der Waals surface area contributed by atoms with E-state index in [1.54, 1.807) is 24.3 Å². The Morgan fingerprint density at radius 3 is 2.52 bits per heavy atom. The molecule has 21 heavy (non-hydrogen) atoms. The van der Waals surface area contributed by atoms with Gasteiger partial charge < -0.3 is 15.2 Å². The minimum Gasteiger partial charge on any atom is -0.481 e. The Morgan fingerprint density at radius 1 is 1.29 bits per heavy atom. The van der Waals surface area contributed by atoms with Gasteiger partial charge in [-0.25, -0.2) is 0 Å². The Labute approximate surface area is 125 Å². The number of benzene rings is 1. The Balaban J connectivity index is 1.84. The number of aliphatic hydroxyl groups is 1. The van der Waals surface area contributed by atoms with Crippen molar-refractivity contribution in [2.24, 2.45) is 5.92 Å². The van der Waals surface area contributed by atoms with Crippen LogP contribution in [-0.2, 0) is 0 Å². The van der Waals surface area contributed by atoms with Crippen molar-refractivity contribution in [3.8, 4) is 18.1 Å². The summed E-state index contributed by atoms with van der Waals surface area (Å²) in [6.07, 6.45) is 8.93. The minimum atomic E-state index is -0.0639. The van der Waals surface area contributed by atoms with Crippen LogP contribution in [0.1, 0.15) is 36.0 Å². The number of nitrogens with one attached hydrogen (secondary N) is 1. The number of hydrogen-bond acceptors (Lipinski definition) is 3.